The molecule has 0 radical (unpaired) electrons. The third kappa shape index (κ3) is 1.91. The van der Waals surface area contributed by atoms with Gasteiger partial charge in [0, 0.05) is 0 Å². The van der Waals surface area contributed by atoms with Crippen molar-refractivity contribution in [2.75, 3.05) is 0 Å². The van der Waals surface area contributed by atoms with Gasteiger partial charge in [0.25, 0.3) is 0 Å². The molecule has 0 spiro atoms. The summed E-state index contributed by atoms with van der Waals surface area (Å²) in [5.74, 6) is -4.22. The Kier molecular flexibility index (Phi) is 3.58. The van der Waals surface area contributed by atoms with Gasteiger partial charge < -0.3 is 5.11 Å². The second-order valence-electron chi connectivity index (χ2n) is 5.07. The van der Waals surface area contributed by atoms with Crippen LogP contribution in [-0.4, -0.2) is 24.2 Å². The van der Waals surface area contributed by atoms with E-state index >= 15 is 0 Å². The smallest absolute Gasteiger partial charge is 0.325 e. The van der Waals surface area contributed by atoms with Gasteiger partial charge >= 0.3 is 5.97 Å². The van der Waals surface area contributed by atoms with Gasteiger partial charge in [-0.25, -0.2) is 17.2 Å². The Labute approximate surface area is 115 Å². The number of aliphatic carboxylic acids is 1. The molecule has 1 N–H and O–H groups in total. The Hall–Kier alpha value is -1.50. The van der Waals surface area contributed by atoms with Crippen molar-refractivity contribution in [3.05, 3.63) is 29.8 Å². The third-order valence-corrected chi connectivity index (χ3v) is 6.64. The number of halogens is 2. The highest BCUT2D eigenvalue weighted by molar-refractivity contribution is 7.93. The van der Waals surface area contributed by atoms with Crippen molar-refractivity contribution in [2.45, 2.75) is 35.8 Å². The van der Waals surface area contributed by atoms with Gasteiger partial charge in [-0.2, -0.15) is 0 Å². The van der Waals surface area contributed by atoms with E-state index in [-0.39, 0.29) is 6.42 Å². The third-order valence-electron chi connectivity index (χ3n) is 4.01. The number of sulfone groups is 1. The fourth-order valence-corrected chi connectivity index (χ4v) is 5.14. The molecule has 1 aromatic rings. The summed E-state index contributed by atoms with van der Waals surface area (Å²) in [4.78, 5) is 10.7. The van der Waals surface area contributed by atoms with Gasteiger partial charge in [0.2, 0.25) is 0 Å². The van der Waals surface area contributed by atoms with Crippen LogP contribution in [0.2, 0.25) is 0 Å². The van der Waals surface area contributed by atoms with E-state index in [1.807, 2.05) is 0 Å². The summed E-state index contributed by atoms with van der Waals surface area (Å²) in [5.41, 5.74) is 0. The number of rotatable bonds is 3. The highest BCUT2D eigenvalue weighted by Gasteiger charge is 2.58. The van der Waals surface area contributed by atoms with Crippen LogP contribution in [0.5, 0.6) is 0 Å². The number of hydrogen-bond donors (Lipinski definition) is 1. The van der Waals surface area contributed by atoms with Crippen LogP contribution in [0.1, 0.15) is 26.2 Å². The lowest BCUT2D eigenvalue weighted by atomic mass is 9.97. The minimum absolute atomic E-state index is 0.0954. The Morgan fingerprint density at radius 3 is 2.55 bits per heavy atom. The molecule has 7 heteroatoms. The molecule has 0 bridgehead atoms. The van der Waals surface area contributed by atoms with Crippen molar-refractivity contribution < 1.29 is 27.1 Å². The van der Waals surface area contributed by atoms with Crippen LogP contribution in [0.3, 0.4) is 0 Å². The van der Waals surface area contributed by atoms with E-state index in [0.717, 1.165) is 6.07 Å². The van der Waals surface area contributed by atoms with Crippen molar-refractivity contribution in [2.24, 2.45) is 5.92 Å². The summed E-state index contributed by atoms with van der Waals surface area (Å²) in [6, 6.07) is 2.03. The van der Waals surface area contributed by atoms with Crippen LogP contribution in [-0.2, 0) is 14.6 Å². The summed E-state index contributed by atoms with van der Waals surface area (Å²) in [6.07, 6.45) is 0.744. The van der Waals surface area contributed by atoms with E-state index in [2.05, 4.69) is 0 Å². The highest BCUT2D eigenvalue weighted by atomic mass is 32.2. The number of hydrogen-bond acceptors (Lipinski definition) is 3. The molecule has 1 saturated carbocycles. The van der Waals surface area contributed by atoms with Gasteiger partial charge in [-0.15, -0.1) is 0 Å². The van der Waals surface area contributed by atoms with E-state index in [1.54, 1.807) is 0 Å². The molecular formula is C13H14F2O4S. The van der Waals surface area contributed by atoms with Gasteiger partial charge in [0.05, 0.1) is 0 Å². The largest absolute Gasteiger partial charge is 0.480 e. The summed E-state index contributed by atoms with van der Waals surface area (Å²) in [7, 11) is -4.52. The van der Waals surface area contributed by atoms with Crippen molar-refractivity contribution in [1.29, 1.82) is 0 Å². The number of benzene rings is 1. The Balaban J connectivity index is 2.70. The number of carboxylic acids is 1. The van der Waals surface area contributed by atoms with E-state index in [9.17, 15) is 27.1 Å². The fraction of sp³-hybridized carbons (Fsp3) is 0.462. The molecule has 1 fully saturated rings. The normalized spacial score (nSPS) is 26.6. The van der Waals surface area contributed by atoms with Gasteiger partial charge in [0.15, 0.2) is 14.6 Å². The minimum Gasteiger partial charge on any atom is -0.480 e. The average Bonchev–Trinajstić information content (AvgIpc) is 2.75. The maximum atomic E-state index is 13.7. The Bertz CT molecular complexity index is 656. The first-order valence-corrected chi connectivity index (χ1v) is 7.65. The zero-order valence-corrected chi connectivity index (χ0v) is 11.6. The van der Waals surface area contributed by atoms with Gasteiger partial charge in [-0.3, -0.25) is 4.79 Å². The van der Waals surface area contributed by atoms with Crippen LogP contribution in [0.4, 0.5) is 8.78 Å². The molecule has 2 rings (SSSR count). The summed E-state index contributed by atoms with van der Waals surface area (Å²) in [6.45, 7) is 1.51. The van der Waals surface area contributed by atoms with Gasteiger partial charge in [0.1, 0.15) is 16.5 Å². The molecule has 0 saturated heterocycles. The van der Waals surface area contributed by atoms with E-state index in [1.165, 1.54) is 6.92 Å². The van der Waals surface area contributed by atoms with Crippen molar-refractivity contribution in [3.63, 3.8) is 0 Å². The monoisotopic (exact) mass is 304 g/mol. The molecule has 0 aromatic heterocycles. The van der Waals surface area contributed by atoms with Gasteiger partial charge in [-0.05, 0) is 37.0 Å². The Morgan fingerprint density at radius 2 is 2.05 bits per heavy atom. The van der Waals surface area contributed by atoms with Crippen molar-refractivity contribution >= 4 is 15.8 Å². The van der Waals surface area contributed by atoms with Gasteiger partial charge in [-0.1, -0.05) is 13.3 Å². The highest BCUT2D eigenvalue weighted by Crippen LogP contribution is 2.45. The molecule has 0 amide bonds. The molecule has 1 aliphatic rings. The maximum Gasteiger partial charge on any atom is 0.325 e. The SMILES string of the molecule is CC1CCCC1(C(=O)O)S(=O)(=O)c1cc(F)ccc1F. The van der Waals surface area contributed by atoms with E-state index in [4.69, 9.17) is 0 Å². The first-order chi connectivity index (χ1) is 9.23. The number of carboxylic acid groups (broad SMARTS) is 1. The molecular weight excluding hydrogens is 290 g/mol. The van der Waals surface area contributed by atoms with Crippen LogP contribution in [0, 0.1) is 17.6 Å². The van der Waals surface area contributed by atoms with E-state index < -0.39 is 43.0 Å². The zero-order chi connectivity index (χ0) is 15.1. The maximum absolute atomic E-state index is 13.7. The summed E-state index contributed by atoms with van der Waals surface area (Å²) >= 11 is 0. The van der Waals surface area contributed by atoms with E-state index in [0.29, 0.717) is 25.0 Å². The molecule has 1 aromatic carbocycles. The van der Waals surface area contributed by atoms with Crippen LogP contribution < -0.4 is 0 Å². The molecule has 4 nitrogen and oxygen atoms in total. The second-order valence-corrected chi connectivity index (χ2v) is 7.24. The van der Waals surface area contributed by atoms with Crippen LogP contribution in [0.15, 0.2) is 23.1 Å². The van der Waals surface area contributed by atoms with Crippen LogP contribution >= 0.6 is 0 Å². The average molecular weight is 304 g/mol. The van der Waals surface area contributed by atoms with Crippen molar-refractivity contribution in [1.82, 2.24) is 0 Å². The lowest BCUT2D eigenvalue weighted by molar-refractivity contribution is -0.141. The molecule has 0 aliphatic heterocycles. The topological polar surface area (TPSA) is 71.4 Å². The fourth-order valence-electron chi connectivity index (χ4n) is 2.86. The molecule has 110 valence electrons. The molecule has 2 unspecified atom stereocenters. The zero-order valence-electron chi connectivity index (χ0n) is 10.8. The molecule has 0 heterocycles. The second kappa shape index (κ2) is 4.80. The standard InChI is InChI=1S/C13H14F2O4S/c1-8-3-2-6-13(8,12(16)17)20(18,19)11-7-9(14)4-5-10(11)15/h4-5,7-8H,2-3,6H2,1H3,(H,16,17). The summed E-state index contributed by atoms with van der Waals surface area (Å²) in [5, 5.41) is 9.40. The molecule has 2 atom stereocenters. The minimum atomic E-state index is -4.52. The predicted molar refractivity (Wildman–Crippen MR) is 66.9 cm³/mol. The molecule has 1 aliphatic carbocycles. The van der Waals surface area contributed by atoms with Crippen molar-refractivity contribution in [3.8, 4) is 0 Å². The lowest BCUT2D eigenvalue weighted by Gasteiger charge is -2.28. The Morgan fingerprint density at radius 1 is 1.40 bits per heavy atom. The van der Waals surface area contributed by atoms with Crippen LogP contribution in [0.25, 0.3) is 0 Å². The predicted octanol–water partition coefficient (Wildman–Crippen LogP) is 2.38. The quantitative estimate of drug-likeness (QED) is 0.930. The summed E-state index contributed by atoms with van der Waals surface area (Å²) < 4.78 is 50.1. The lowest BCUT2D eigenvalue weighted by Crippen LogP contribution is -2.48. The first-order valence-electron chi connectivity index (χ1n) is 6.16. The number of carbonyl (C=O) groups is 1. The molecule has 20 heavy (non-hydrogen) atoms. The first kappa shape index (κ1) is 14.9.